The Bertz CT molecular complexity index is 428. The van der Waals surface area contributed by atoms with E-state index in [9.17, 15) is 4.79 Å². The van der Waals surface area contributed by atoms with Crippen LogP contribution >= 0.6 is 0 Å². The van der Waals surface area contributed by atoms with Crippen molar-refractivity contribution in [2.45, 2.75) is 45.6 Å². The summed E-state index contributed by atoms with van der Waals surface area (Å²) in [4.78, 5) is 10.7. The highest BCUT2D eigenvalue weighted by Gasteiger charge is 2.17. The van der Waals surface area contributed by atoms with Gasteiger partial charge in [-0.05, 0) is 38.3 Å². The van der Waals surface area contributed by atoms with E-state index < -0.39 is 0 Å². The average molecular weight is 234 g/mol. The summed E-state index contributed by atoms with van der Waals surface area (Å²) in [7, 11) is 0. The Hall–Kier alpha value is -1.51. The van der Waals surface area contributed by atoms with E-state index in [0.717, 1.165) is 12.2 Å². The topological polar surface area (TPSA) is 39.4 Å². The molecule has 1 atom stereocenters. The number of esters is 1. The van der Waals surface area contributed by atoms with Crippen LogP contribution < -0.4 is 0 Å². The van der Waals surface area contributed by atoms with Gasteiger partial charge >= 0.3 is 5.97 Å². The maximum absolute atomic E-state index is 10.7. The highest BCUT2D eigenvalue weighted by atomic mass is 16.5. The molecule has 1 aromatic rings. The number of hydrogen-bond donors (Lipinski definition) is 0. The third-order valence-corrected chi connectivity index (χ3v) is 3.04. The van der Waals surface area contributed by atoms with E-state index in [-0.39, 0.29) is 12.6 Å². The first kappa shape index (κ1) is 12.0. The molecule has 2 rings (SSSR count). The van der Waals surface area contributed by atoms with E-state index in [1.54, 1.807) is 0 Å². The van der Waals surface area contributed by atoms with Gasteiger partial charge in [0.1, 0.15) is 18.1 Å². The molecule has 0 aliphatic heterocycles. The van der Waals surface area contributed by atoms with Gasteiger partial charge in [-0.1, -0.05) is 11.6 Å². The molecule has 92 valence electrons. The zero-order valence-corrected chi connectivity index (χ0v) is 10.4. The summed E-state index contributed by atoms with van der Waals surface area (Å²) in [5.41, 5.74) is 1.43. The SMILES string of the molecule is CC(=O)OCc1ccc(C2C=C(C)CCC2)o1. The second-order valence-electron chi connectivity index (χ2n) is 4.60. The van der Waals surface area contributed by atoms with Crippen molar-refractivity contribution in [2.24, 2.45) is 0 Å². The first-order valence-corrected chi connectivity index (χ1v) is 6.04. The molecule has 0 saturated carbocycles. The van der Waals surface area contributed by atoms with E-state index in [1.165, 1.54) is 25.3 Å². The summed E-state index contributed by atoms with van der Waals surface area (Å²) < 4.78 is 10.6. The lowest BCUT2D eigenvalue weighted by Crippen LogP contribution is -2.01. The lowest BCUT2D eigenvalue weighted by Gasteiger charge is -2.17. The van der Waals surface area contributed by atoms with Crippen molar-refractivity contribution < 1.29 is 13.9 Å². The van der Waals surface area contributed by atoms with Crippen molar-refractivity contribution in [1.29, 1.82) is 0 Å². The largest absolute Gasteiger partial charge is 0.462 e. The van der Waals surface area contributed by atoms with E-state index >= 15 is 0 Å². The second-order valence-corrected chi connectivity index (χ2v) is 4.60. The molecule has 0 fully saturated rings. The molecular formula is C14H18O3. The molecule has 0 spiro atoms. The fourth-order valence-corrected chi connectivity index (χ4v) is 2.18. The van der Waals surface area contributed by atoms with Gasteiger partial charge in [0.15, 0.2) is 0 Å². The van der Waals surface area contributed by atoms with Gasteiger partial charge in [-0.2, -0.15) is 0 Å². The van der Waals surface area contributed by atoms with Crippen LogP contribution in [0.1, 0.15) is 50.5 Å². The zero-order valence-electron chi connectivity index (χ0n) is 10.4. The Labute approximate surface area is 101 Å². The molecule has 0 radical (unpaired) electrons. The summed E-state index contributed by atoms with van der Waals surface area (Å²) in [5.74, 6) is 1.80. The number of carbonyl (C=O) groups excluding carboxylic acids is 1. The van der Waals surface area contributed by atoms with E-state index in [1.807, 2.05) is 12.1 Å². The summed E-state index contributed by atoms with van der Waals surface area (Å²) >= 11 is 0. The number of rotatable bonds is 3. The molecule has 1 aromatic heterocycles. The summed E-state index contributed by atoms with van der Waals surface area (Å²) in [5, 5.41) is 0. The third-order valence-electron chi connectivity index (χ3n) is 3.04. The van der Waals surface area contributed by atoms with Gasteiger partial charge in [0, 0.05) is 12.8 Å². The minimum absolute atomic E-state index is 0.227. The van der Waals surface area contributed by atoms with Crippen LogP contribution in [0.4, 0.5) is 0 Å². The first-order valence-electron chi connectivity index (χ1n) is 6.04. The third kappa shape index (κ3) is 3.22. The van der Waals surface area contributed by atoms with Crippen LogP contribution in [0.3, 0.4) is 0 Å². The Morgan fingerprint density at radius 2 is 2.35 bits per heavy atom. The summed E-state index contributed by atoms with van der Waals surface area (Å²) in [6.07, 6.45) is 5.82. The molecule has 1 aliphatic carbocycles. The van der Waals surface area contributed by atoms with E-state index in [0.29, 0.717) is 11.7 Å². The van der Waals surface area contributed by atoms with Crippen molar-refractivity contribution in [1.82, 2.24) is 0 Å². The molecule has 0 bridgehead atoms. The molecule has 0 saturated heterocycles. The Kier molecular flexibility index (Phi) is 3.67. The predicted molar refractivity (Wildman–Crippen MR) is 64.5 cm³/mol. The van der Waals surface area contributed by atoms with Gasteiger partial charge in [0.2, 0.25) is 0 Å². The molecule has 1 unspecified atom stereocenters. The Morgan fingerprint density at radius 1 is 1.53 bits per heavy atom. The van der Waals surface area contributed by atoms with Crippen LogP contribution in [-0.2, 0) is 16.1 Å². The van der Waals surface area contributed by atoms with Crippen LogP contribution in [-0.4, -0.2) is 5.97 Å². The van der Waals surface area contributed by atoms with Crippen LogP contribution in [0.25, 0.3) is 0 Å². The van der Waals surface area contributed by atoms with E-state index in [4.69, 9.17) is 9.15 Å². The fraction of sp³-hybridized carbons (Fsp3) is 0.500. The lowest BCUT2D eigenvalue weighted by atomic mass is 9.90. The lowest BCUT2D eigenvalue weighted by molar-refractivity contribution is -0.142. The number of ether oxygens (including phenoxy) is 1. The van der Waals surface area contributed by atoms with Gasteiger partial charge in [0.25, 0.3) is 0 Å². The zero-order chi connectivity index (χ0) is 12.3. The molecule has 17 heavy (non-hydrogen) atoms. The quantitative estimate of drug-likeness (QED) is 0.593. The molecular weight excluding hydrogens is 216 g/mol. The molecule has 3 heteroatoms. The van der Waals surface area contributed by atoms with Crippen LogP contribution in [0, 0.1) is 0 Å². The molecule has 1 aliphatic rings. The van der Waals surface area contributed by atoms with Crippen molar-refractivity contribution in [3.8, 4) is 0 Å². The fourth-order valence-electron chi connectivity index (χ4n) is 2.18. The van der Waals surface area contributed by atoms with E-state index in [2.05, 4.69) is 13.0 Å². The van der Waals surface area contributed by atoms with Crippen LogP contribution in [0.5, 0.6) is 0 Å². The molecule has 0 N–H and O–H groups in total. The number of allylic oxidation sites excluding steroid dienone is 2. The predicted octanol–water partition coefficient (Wildman–Crippen LogP) is 3.56. The van der Waals surface area contributed by atoms with Gasteiger partial charge in [-0.15, -0.1) is 0 Å². The summed E-state index contributed by atoms with van der Waals surface area (Å²) in [6.45, 7) is 3.79. The van der Waals surface area contributed by atoms with Crippen molar-refractivity contribution in [2.75, 3.05) is 0 Å². The average Bonchev–Trinajstić information content (AvgIpc) is 2.75. The number of carbonyl (C=O) groups is 1. The number of furan rings is 1. The first-order chi connectivity index (χ1) is 8.15. The van der Waals surface area contributed by atoms with Crippen LogP contribution in [0.15, 0.2) is 28.2 Å². The Balaban J connectivity index is 2.02. The highest BCUT2D eigenvalue weighted by Crippen LogP contribution is 2.31. The second kappa shape index (κ2) is 5.21. The van der Waals surface area contributed by atoms with Gasteiger partial charge < -0.3 is 9.15 Å². The van der Waals surface area contributed by atoms with Gasteiger partial charge in [-0.25, -0.2) is 0 Å². The molecule has 1 heterocycles. The molecule has 0 amide bonds. The minimum atomic E-state index is -0.281. The maximum atomic E-state index is 10.7. The van der Waals surface area contributed by atoms with Crippen LogP contribution in [0.2, 0.25) is 0 Å². The normalized spacial score (nSPS) is 19.9. The monoisotopic (exact) mass is 234 g/mol. The summed E-state index contributed by atoms with van der Waals surface area (Å²) in [6, 6.07) is 3.87. The van der Waals surface area contributed by atoms with Crippen molar-refractivity contribution in [3.05, 3.63) is 35.3 Å². The van der Waals surface area contributed by atoms with Crippen molar-refractivity contribution >= 4 is 5.97 Å². The van der Waals surface area contributed by atoms with Gasteiger partial charge in [0.05, 0.1) is 0 Å². The minimum Gasteiger partial charge on any atom is -0.462 e. The van der Waals surface area contributed by atoms with Gasteiger partial charge in [-0.3, -0.25) is 4.79 Å². The Morgan fingerprint density at radius 3 is 3.06 bits per heavy atom. The molecule has 3 nitrogen and oxygen atoms in total. The van der Waals surface area contributed by atoms with Crippen molar-refractivity contribution in [3.63, 3.8) is 0 Å². The highest BCUT2D eigenvalue weighted by molar-refractivity contribution is 5.65. The smallest absolute Gasteiger partial charge is 0.303 e. The number of hydrogen-bond acceptors (Lipinski definition) is 3. The standard InChI is InChI=1S/C14H18O3/c1-10-4-3-5-12(8-10)14-7-6-13(17-14)9-16-11(2)15/h6-8,12H,3-5,9H2,1-2H3. The molecule has 0 aromatic carbocycles. The maximum Gasteiger partial charge on any atom is 0.303 e.